The molecular formula is C12H16N2O4S. The third-order valence-corrected chi connectivity index (χ3v) is 3.78. The van der Waals surface area contributed by atoms with E-state index in [-0.39, 0.29) is 17.7 Å². The molecule has 7 heteroatoms. The Bertz CT molecular complexity index is 454. The maximum Gasteiger partial charge on any atom is 0.355 e. The standard InChI is InChI=1S/C12H16N2O4S/c15-10(6-8-2-1-5-18-8)13-4-3-11-14-9(7-19-11)12(16)17/h7-8H,1-6H2,(H,13,15)(H,16,17). The van der Waals surface area contributed by atoms with Crippen LogP contribution in [0.4, 0.5) is 0 Å². The van der Waals surface area contributed by atoms with Gasteiger partial charge in [-0.2, -0.15) is 0 Å². The Morgan fingerprint density at radius 1 is 1.58 bits per heavy atom. The van der Waals surface area contributed by atoms with Gasteiger partial charge in [0.05, 0.1) is 17.5 Å². The van der Waals surface area contributed by atoms with Gasteiger partial charge in [-0.1, -0.05) is 0 Å². The summed E-state index contributed by atoms with van der Waals surface area (Å²) in [7, 11) is 0. The van der Waals surface area contributed by atoms with Crippen LogP contribution in [-0.2, 0) is 16.0 Å². The van der Waals surface area contributed by atoms with Crippen LogP contribution in [0.1, 0.15) is 34.8 Å². The molecule has 1 unspecified atom stereocenters. The number of aromatic carboxylic acids is 1. The van der Waals surface area contributed by atoms with E-state index in [1.165, 1.54) is 16.7 Å². The molecule has 1 atom stereocenters. The number of carbonyl (C=O) groups is 2. The molecule has 1 amide bonds. The zero-order valence-corrected chi connectivity index (χ0v) is 11.2. The first-order valence-corrected chi connectivity index (χ1v) is 7.09. The number of rotatable bonds is 6. The van der Waals surface area contributed by atoms with Crippen molar-refractivity contribution >= 4 is 23.2 Å². The molecule has 0 saturated carbocycles. The van der Waals surface area contributed by atoms with Crippen LogP contribution in [0.15, 0.2) is 5.38 Å². The quantitative estimate of drug-likeness (QED) is 0.815. The zero-order chi connectivity index (χ0) is 13.7. The fourth-order valence-corrected chi connectivity index (χ4v) is 2.69. The van der Waals surface area contributed by atoms with Gasteiger partial charge in [0.2, 0.25) is 5.91 Å². The van der Waals surface area contributed by atoms with Gasteiger partial charge >= 0.3 is 5.97 Å². The Balaban J connectivity index is 1.67. The molecule has 0 aliphatic carbocycles. The second-order valence-corrected chi connectivity index (χ2v) is 5.31. The minimum Gasteiger partial charge on any atom is -0.476 e. The number of hydrogen-bond acceptors (Lipinski definition) is 5. The maximum absolute atomic E-state index is 11.6. The summed E-state index contributed by atoms with van der Waals surface area (Å²) >= 11 is 1.29. The number of aromatic nitrogens is 1. The highest BCUT2D eigenvalue weighted by molar-refractivity contribution is 7.09. The maximum atomic E-state index is 11.6. The molecular weight excluding hydrogens is 268 g/mol. The molecule has 1 aliphatic rings. The van der Waals surface area contributed by atoms with Gasteiger partial charge in [-0.15, -0.1) is 11.3 Å². The molecule has 0 spiro atoms. The van der Waals surface area contributed by atoms with Crippen molar-refractivity contribution in [2.24, 2.45) is 0 Å². The van der Waals surface area contributed by atoms with Crippen LogP contribution in [0.2, 0.25) is 0 Å². The Labute approximate surface area is 114 Å². The zero-order valence-electron chi connectivity index (χ0n) is 10.4. The predicted octanol–water partition coefficient (Wildman–Crippen LogP) is 1.07. The molecule has 0 bridgehead atoms. The molecule has 2 heterocycles. The van der Waals surface area contributed by atoms with E-state index < -0.39 is 5.97 Å². The summed E-state index contributed by atoms with van der Waals surface area (Å²) in [5.41, 5.74) is 0.0608. The highest BCUT2D eigenvalue weighted by Crippen LogP contribution is 2.15. The second-order valence-electron chi connectivity index (χ2n) is 4.37. The average molecular weight is 284 g/mol. The van der Waals surface area contributed by atoms with Crippen molar-refractivity contribution in [2.75, 3.05) is 13.2 Å². The number of nitrogens with one attached hydrogen (secondary N) is 1. The lowest BCUT2D eigenvalue weighted by atomic mass is 10.2. The summed E-state index contributed by atoms with van der Waals surface area (Å²) < 4.78 is 5.38. The largest absolute Gasteiger partial charge is 0.476 e. The monoisotopic (exact) mass is 284 g/mol. The highest BCUT2D eigenvalue weighted by atomic mass is 32.1. The number of amides is 1. The minimum absolute atomic E-state index is 0.0260. The number of hydrogen-bond donors (Lipinski definition) is 2. The predicted molar refractivity (Wildman–Crippen MR) is 69.4 cm³/mol. The van der Waals surface area contributed by atoms with Gasteiger partial charge in [-0.3, -0.25) is 4.79 Å². The topological polar surface area (TPSA) is 88.5 Å². The van der Waals surface area contributed by atoms with Crippen LogP contribution < -0.4 is 5.32 Å². The fraction of sp³-hybridized carbons (Fsp3) is 0.583. The highest BCUT2D eigenvalue weighted by Gasteiger charge is 2.18. The van der Waals surface area contributed by atoms with Gasteiger partial charge in [0.15, 0.2) is 5.69 Å². The van der Waals surface area contributed by atoms with Gasteiger partial charge in [0.1, 0.15) is 0 Å². The van der Waals surface area contributed by atoms with E-state index in [0.29, 0.717) is 19.4 Å². The molecule has 2 rings (SSSR count). The summed E-state index contributed by atoms with van der Waals surface area (Å²) in [5.74, 6) is -1.05. The summed E-state index contributed by atoms with van der Waals surface area (Å²) in [6, 6.07) is 0. The van der Waals surface area contributed by atoms with Crippen LogP contribution in [0.5, 0.6) is 0 Å². The van der Waals surface area contributed by atoms with E-state index in [2.05, 4.69) is 10.3 Å². The summed E-state index contributed by atoms with van der Waals surface area (Å²) in [4.78, 5) is 26.2. The summed E-state index contributed by atoms with van der Waals surface area (Å²) in [6.07, 6.45) is 2.98. The third kappa shape index (κ3) is 4.29. The number of carboxylic acid groups (broad SMARTS) is 1. The Hall–Kier alpha value is -1.47. The summed E-state index contributed by atoms with van der Waals surface area (Å²) in [6.45, 7) is 1.22. The van der Waals surface area contributed by atoms with Crippen molar-refractivity contribution < 1.29 is 19.4 Å². The van der Waals surface area contributed by atoms with Crippen LogP contribution in [0.3, 0.4) is 0 Å². The van der Waals surface area contributed by atoms with Crippen molar-refractivity contribution in [3.63, 3.8) is 0 Å². The van der Waals surface area contributed by atoms with Crippen molar-refractivity contribution in [1.29, 1.82) is 0 Å². The molecule has 104 valence electrons. The lowest BCUT2D eigenvalue weighted by molar-refractivity contribution is -0.123. The van der Waals surface area contributed by atoms with E-state index in [9.17, 15) is 9.59 Å². The molecule has 2 N–H and O–H groups in total. The van der Waals surface area contributed by atoms with Gasteiger partial charge in [0, 0.05) is 25.0 Å². The van der Waals surface area contributed by atoms with E-state index in [0.717, 1.165) is 24.5 Å². The van der Waals surface area contributed by atoms with Crippen LogP contribution >= 0.6 is 11.3 Å². The Morgan fingerprint density at radius 2 is 2.42 bits per heavy atom. The van der Waals surface area contributed by atoms with Crippen molar-refractivity contribution in [2.45, 2.75) is 31.8 Å². The molecule has 1 fully saturated rings. The number of carbonyl (C=O) groups excluding carboxylic acids is 1. The van der Waals surface area contributed by atoms with E-state index in [1.807, 2.05) is 0 Å². The molecule has 1 aromatic heterocycles. The molecule has 0 aromatic carbocycles. The minimum atomic E-state index is -1.02. The molecule has 1 saturated heterocycles. The first-order chi connectivity index (χ1) is 9.15. The Morgan fingerprint density at radius 3 is 3.05 bits per heavy atom. The Kier molecular flexibility index (Phi) is 4.86. The van der Waals surface area contributed by atoms with Crippen molar-refractivity contribution in [3.8, 4) is 0 Å². The SMILES string of the molecule is O=C(CC1CCCO1)NCCc1nc(C(=O)O)cs1. The average Bonchev–Trinajstić information content (AvgIpc) is 3.00. The third-order valence-electron chi connectivity index (χ3n) is 2.87. The van der Waals surface area contributed by atoms with Gasteiger partial charge in [0.25, 0.3) is 0 Å². The first-order valence-electron chi connectivity index (χ1n) is 6.21. The van der Waals surface area contributed by atoms with Crippen LogP contribution in [0.25, 0.3) is 0 Å². The van der Waals surface area contributed by atoms with Gasteiger partial charge in [-0.05, 0) is 12.8 Å². The number of nitrogens with zero attached hydrogens (tertiary/aromatic N) is 1. The van der Waals surface area contributed by atoms with Crippen LogP contribution in [-0.4, -0.2) is 41.2 Å². The first kappa shape index (κ1) is 14.0. The normalized spacial score (nSPS) is 18.4. The molecule has 1 aromatic rings. The van der Waals surface area contributed by atoms with Gasteiger partial charge < -0.3 is 15.2 Å². The molecule has 19 heavy (non-hydrogen) atoms. The van der Waals surface area contributed by atoms with E-state index >= 15 is 0 Å². The number of carboxylic acids is 1. The molecule has 1 aliphatic heterocycles. The lowest BCUT2D eigenvalue weighted by Gasteiger charge is -2.09. The smallest absolute Gasteiger partial charge is 0.355 e. The number of thiazole rings is 1. The molecule has 6 nitrogen and oxygen atoms in total. The number of ether oxygens (including phenoxy) is 1. The summed E-state index contributed by atoms with van der Waals surface area (Å²) in [5, 5.41) is 13.8. The van der Waals surface area contributed by atoms with E-state index in [4.69, 9.17) is 9.84 Å². The lowest BCUT2D eigenvalue weighted by Crippen LogP contribution is -2.28. The second kappa shape index (κ2) is 6.63. The van der Waals surface area contributed by atoms with E-state index in [1.54, 1.807) is 0 Å². The molecule has 0 radical (unpaired) electrons. The van der Waals surface area contributed by atoms with Crippen molar-refractivity contribution in [3.05, 3.63) is 16.1 Å². The fourth-order valence-electron chi connectivity index (χ4n) is 1.92. The van der Waals surface area contributed by atoms with Crippen molar-refractivity contribution in [1.82, 2.24) is 10.3 Å². The van der Waals surface area contributed by atoms with Crippen LogP contribution in [0, 0.1) is 0 Å². The van der Waals surface area contributed by atoms with Gasteiger partial charge in [-0.25, -0.2) is 9.78 Å².